The van der Waals surface area contributed by atoms with Crippen LogP contribution in [0.15, 0.2) is 48.5 Å². The van der Waals surface area contributed by atoms with Gasteiger partial charge in [-0.05, 0) is 55.8 Å². The maximum absolute atomic E-state index is 12.7. The fraction of sp³-hybridized carbons (Fsp3) is 0.391. The molecule has 1 heterocycles. The summed E-state index contributed by atoms with van der Waals surface area (Å²) in [4.78, 5) is 28.8. The van der Waals surface area contributed by atoms with E-state index in [1.54, 1.807) is 28.9 Å². The second kappa shape index (κ2) is 10.0. The Bertz CT molecular complexity index is 843. The fourth-order valence-electron chi connectivity index (χ4n) is 3.37. The molecule has 0 aromatic heterocycles. The van der Waals surface area contributed by atoms with Crippen LogP contribution in [0.25, 0.3) is 0 Å². The Morgan fingerprint density at radius 1 is 0.933 bits per heavy atom. The molecule has 1 saturated heterocycles. The van der Waals surface area contributed by atoms with Crippen molar-refractivity contribution in [1.82, 2.24) is 9.80 Å². The third kappa shape index (κ3) is 5.65. The quantitative estimate of drug-likeness (QED) is 0.756. The summed E-state index contributed by atoms with van der Waals surface area (Å²) in [5.74, 6) is 1.41. The van der Waals surface area contributed by atoms with Gasteiger partial charge < -0.3 is 24.4 Å². The predicted octanol–water partition coefficient (Wildman–Crippen LogP) is 2.47. The number of phenolic OH excluding ortho intramolecular Hbond substituents is 1. The Labute approximate surface area is 176 Å². The minimum Gasteiger partial charge on any atom is -0.508 e. The van der Waals surface area contributed by atoms with E-state index in [1.807, 2.05) is 31.2 Å². The second-order valence-corrected chi connectivity index (χ2v) is 7.21. The molecule has 0 bridgehead atoms. The Balaban J connectivity index is 1.46. The molecular formula is C23H28N2O5. The Kier molecular flexibility index (Phi) is 7.17. The second-order valence-electron chi connectivity index (χ2n) is 7.21. The molecule has 7 nitrogen and oxygen atoms in total. The van der Waals surface area contributed by atoms with E-state index in [2.05, 4.69) is 0 Å². The molecule has 30 heavy (non-hydrogen) atoms. The number of nitrogens with zero attached hydrogens (tertiary/aromatic N) is 2. The minimum atomic E-state index is -0.638. The Hall–Kier alpha value is -3.22. The SMILES string of the molecule is CCOc1ccc(CC(=O)N2CCN(C(=O)C(C)Oc3ccc(O)cc3)CC2)cc1. The first kappa shape index (κ1) is 21.5. The summed E-state index contributed by atoms with van der Waals surface area (Å²) in [7, 11) is 0. The first-order chi connectivity index (χ1) is 14.5. The van der Waals surface area contributed by atoms with Crippen LogP contribution in [0.1, 0.15) is 19.4 Å². The van der Waals surface area contributed by atoms with Crippen molar-refractivity contribution in [3.63, 3.8) is 0 Å². The summed E-state index contributed by atoms with van der Waals surface area (Å²) in [6.07, 6.45) is -0.304. The highest BCUT2D eigenvalue weighted by Gasteiger charge is 2.27. The third-order valence-corrected chi connectivity index (χ3v) is 5.03. The van der Waals surface area contributed by atoms with Gasteiger partial charge in [0.25, 0.3) is 5.91 Å². The maximum atomic E-state index is 12.7. The minimum absolute atomic E-state index is 0.0552. The highest BCUT2D eigenvalue weighted by Crippen LogP contribution is 2.18. The van der Waals surface area contributed by atoms with Crippen LogP contribution in [-0.2, 0) is 16.0 Å². The summed E-state index contributed by atoms with van der Waals surface area (Å²) in [6.45, 7) is 6.23. The van der Waals surface area contributed by atoms with Crippen LogP contribution >= 0.6 is 0 Å². The van der Waals surface area contributed by atoms with Gasteiger partial charge in [0, 0.05) is 26.2 Å². The maximum Gasteiger partial charge on any atom is 0.263 e. The molecule has 2 amide bonds. The van der Waals surface area contributed by atoms with Gasteiger partial charge in [0.15, 0.2) is 6.10 Å². The number of benzene rings is 2. The van der Waals surface area contributed by atoms with Crippen molar-refractivity contribution < 1.29 is 24.2 Å². The van der Waals surface area contributed by atoms with Gasteiger partial charge in [0.1, 0.15) is 17.2 Å². The molecule has 1 N–H and O–H groups in total. The van der Waals surface area contributed by atoms with Gasteiger partial charge in [-0.2, -0.15) is 0 Å². The lowest BCUT2D eigenvalue weighted by Gasteiger charge is -2.36. The molecule has 1 unspecified atom stereocenters. The highest BCUT2D eigenvalue weighted by molar-refractivity contribution is 5.82. The topological polar surface area (TPSA) is 79.3 Å². The van der Waals surface area contributed by atoms with E-state index in [9.17, 15) is 14.7 Å². The van der Waals surface area contributed by atoms with Gasteiger partial charge in [-0.15, -0.1) is 0 Å². The third-order valence-electron chi connectivity index (χ3n) is 5.03. The van der Waals surface area contributed by atoms with Gasteiger partial charge in [0.05, 0.1) is 13.0 Å². The van der Waals surface area contributed by atoms with Crippen molar-refractivity contribution in [2.45, 2.75) is 26.4 Å². The van der Waals surface area contributed by atoms with Crippen LogP contribution in [0.2, 0.25) is 0 Å². The van der Waals surface area contributed by atoms with Gasteiger partial charge in [-0.3, -0.25) is 9.59 Å². The molecule has 2 aromatic rings. The number of amides is 2. The Morgan fingerprint density at radius 2 is 1.50 bits per heavy atom. The lowest BCUT2D eigenvalue weighted by molar-refractivity contribution is -0.143. The van der Waals surface area contributed by atoms with Crippen LogP contribution in [0.3, 0.4) is 0 Å². The number of carbonyl (C=O) groups excluding carboxylic acids is 2. The van der Waals surface area contributed by atoms with Gasteiger partial charge in [-0.1, -0.05) is 12.1 Å². The molecule has 0 aliphatic carbocycles. The van der Waals surface area contributed by atoms with Gasteiger partial charge in [0.2, 0.25) is 5.91 Å². The first-order valence-corrected chi connectivity index (χ1v) is 10.2. The first-order valence-electron chi connectivity index (χ1n) is 10.2. The lowest BCUT2D eigenvalue weighted by Crippen LogP contribution is -2.53. The Morgan fingerprint density at radius 3 is 2.10 bits per heavy atom. The van der Waals surface area contributed by atoms with Crippen LogP contribution in [0, 0.1) is 0 Å². The molecular weight excluding hydrogens is 384 g/mol. The van der Waals surface area contributed by atoms with Gasteiger partial charge in [-0.25, -0.2) is 0 Å². The molecule has 0 spiro atoms. The summed E-state index contributed by atoms with van der Waals surface area (Å²) in [5.41, 5.74) is 0.942. The molecule has 1 aliphatic rings. The molecule has 1 atom stereocenters. The zero-order valence-electron chi connectivity index (χ0n) is 17.4. The van der Waals surface area contributed by atoms with E-state index >= 15 is 0 Å². The molecule has 160 valence electrons. The van der Waals surface area contributed by atoms with Crippen molar-refractivity contribution in [3.8, 4) is 17.2 Å². The number of aromatic hydroxyl groups is 1. The average molecular weight is 412 g/mol. The van der Waals surface area contributed by atoms with E-state index in [-0.39, 0.29) is 17.6 Å². The average Bonchev–Trinajstić information content (AvgIpc) is 2.76. The van der Waals surface area contributed by atoms with E-state index < -0.39 is 6.10 Å². The molecule has 1 fully saturated rings. The van der Waals surface area contributed by atoms with E-state index in [0.717, 1.165) is 11.3 Å². The number of rotatable bonds is 7. The summed E-state index contributed by atoms with van der Waals surface area (Å²) >= 11 is 0. The van der Waals surface area contributed by atoms with E-state index in [0.29, 0.717) is 45.0 Å². The zero-order valence-corrected chi connectivity index (χ0v) is 17.4. The molecule has 0 radical (unpaired) electrons. The lowest BCUT2D eigenvalue weighted by atomic mass is 10.1. The van der Waals surface area contributed by atoms with Crippen LogP contribution in [-0.4, -0.2) is 65.6 Å². The normalized spacial score (nSPS) is 14.9. The molecule has 2 aromatic carbocycles. The number of hydrogen-bond acceptors (Lipinski definition) is 5. The summed E-state index contributed by atoms with van der Waals surface area (Å²) in [6, 6.07) is 13.8. The molecule has 0 saturated carbocycles. The molecule has 3 rings (SSSR count). The van der Waals surface area contributed by atoms with Crippen LogP contribution in [0.5, 0.6) is 17.2 Å². The van der Waals surface area contributed by atoms with E-state index in [4.69, 9.17) is 9.47 Å². The number of ether oxygens (including phenoxy) is 2. The number of carbonyl (C=O) groups is 2. The van der Waals surface area contributed by atoms with Crippen LogP contribution < -0.4 is 9.47 Å². The van der Waals surface area contributed by atoms with Crippen LogP contribution in [0.4, 0.5) is 0 Å². The number of phenols is 1. The molecule has 7 heteroatoms. The van der Waals surface area contributed by atoms with Crippen molar-refractivity contribution >= 4 is 11.8 Å². The number of hydrogen-bond donors (Lipinski definition) is 1. The monoisotopic (exact) mass is 412 g/mol. The summed E-state index contributed by atoms with van der Waals surface area (Å²) in [5, 5.41) is 9.33. The van der Waals surface area contributed by atoms with E-state index in [1.165, 1.54) is 12.1 Å². The standard InChI is InChI=1S/C23H28N2O5/c1-3-29-20-8-4-18(5-9-20)16-22(27)24-12-14-25(15-13-24)23(28)17(2)30-21-10-6-19(26)7-11-21/h4-11,17,26H,3,12-16H2,1-2H3. The smallest absolute Gasteiger partial charge is 0.263 e. The van der Waals surface area contributed by atoms with Gasteiger partial charge >= 0.3 is 0 Å². The van der Waals surface area contributed by atoms with Crippen molar-refractivity contribution in [1.29, 1.82) is 0 Å². The highest BCUT2D eigenvalue weighted by atomic mass is 16.5. The fourth-order valence-corrected chi connectivity index (χ4v) is 3.37. The summed E-state index contributed by atoms with van der Waals surface area (Å²) < 4.78 is 11.1. The predicted molar refractivity (Wildman–Crippen MR) is 113 cm³/mol. The van der Waals surface area contributed by atoms with Crippen molar-refractivity contribution in [2.24, 2.45) is 0 Å². The number of piperazine rings is 1. The molecule has 1 aliphatic heterocycles. The van der Waals surface area contributed by atoms with Crippen molar-refractivity contribution in [3.05, 3.63) is 54.1 Å². The zero-order chi connectivity index (χ0) is 21.5. The largest absolute Gasteiger partial charge is 0.508 e. The van der Waals surface area contributed by atoms with Crippen molar-refractivity contribution in [2.75, 3.05) is 32.8 Å².